The van der Waals surface area contributed by atoms with Crippen molar-refractivity contribution in [3.8, 4) is 6.07 Å². The van der Waals surface area contributed by atoms with Gasteiger partial charge in [-0.2, -0.15) is 10.4 Å². The van der Waals surface area contributed by atoms with E-state index in [1.165, 1.54) is 6.33 Å². The van der Waals surface area contributed by atoms with Gasteiger partial charge in [0.05, 0.1) is 11.3 Å². The molecule has 0 bridgehead atoms. The lowest BCUT2D eigenvalue weighted by atomic mass is 10.1. The number of anilines is 1. The Hall–Kier alpha value is -2.35. The van der Waals surface area contributed by atoms with Crippen molar-refractivity contribution in [3.63, 3.8) is 0 Å². The van der Waals surface area contributed by atoms with Crippen LogP contribution in [-0.4, -0.2) is 21.7 Å². The fraction of sp³-hybridized carbons (Fsp3) is 0.308. The number of nitriles is 1. The maximum atomic E-state index is 9.00. The van der Waals surface area contributed by atoms with E-state index >= 15 is 0 Å². The third kappa shape index (κ3) is 3.08. The molecule has 2 rings (SSSR count). The van der Waals surface area contributed by atoms with Crippen molar-refractivity contribution in [2.24, 2.45) is 0 Å². The Labute approximate surface area is 106 Å². The summed E-state index contributed by atoms with van der Waals surface area (Å²) in [6.45, 7) is 2.82. The zero-order valence-electron chi connectivity index (χ0n) is 10.3. The van der Waals surface area contributed by atoms with E-state index in [2.05, 4.69) is 26.6 Å². The van der Waals surface area contributed by atoms with Gasteiger partial charge < -0.3 is 5.32 Å². The Morgan fingerprint density at radius 3 is 3.06 bits per heavy atom. The molecule has 5 heteroatoms. The summed E-state index contributed by atoms with van der Waals surface area (Å²) >= 11 is 0. The minimum atomic E-state index is 0.681. The minimum absolute atomic E-state index is 0.681. The van der Waals surface area contributed by atoms with E-state index in [0.29, 0.717) is 5.56 Å². The lowest BCUT2D eigenvalue weighted by molar-refractivity contribution is 0.805. The van der Waals surface area contributed by atoms with Gasteiger partial charge in [0.15, 0.2) is 0 Å². The number of aromatic nitrogens is 3. The van der Waals surface area contributed by atoms with Crippen LogP contribution in [0.2, 0.25) is 0 Å². The molecule has 0 spiro atoms. The van der Waals surface area contributed by atoms with Crippen LogP contribution in [0.4, 0.5) is 5.69 Å². The summed E-state index contributed by atoms with van der Waals surface area (Å²) in [7, 11) is 0. The average Bonchev–Trinajstić information content (AvgIpc) is 2.88. The van der Waals surface area contributed by atoms with E-state index in [0.717, 1.165) is 36.5 Å². The minimum Gasteiger partial charge on any atom is -0.384 e. The number of nitrogens with zero attached hydrogens (tertiary/aromatic N) is 3. The Balaban J connectivity index is 1.86. The lowest BCUT2D eigenvalue weighted by Gasteiger charge is -2.08. The lowest BCUT2D eigenvalue weighted by Crippen LogP contribution is -2.05. The number of aryl methyl sites for hydroxylation is 2. The molecule has 1 heterocycles. The molecule has 0 aliphatic heterocycles. The van der Waals surface area contributed by atoms with Crippen LogP contribution in [0.3, 0.4) is 0 Å². The van der Waals surface area contributed by atoms with E-state index in [1.54, 1.807) is 0 Å². The van der Waals surface area contributed by atoms with Gasteiger partial charge in [0.1, 0.15) is 18.2 Å². The molecule has 1 aromatic heterocycles. The monoisotopic (exact) mass is 241 g/mol. The fourth-order valence-electron chi connectivity index (χ4n) is 1.73. The Morgan fingerprint density at radius 2 is 2.33 bits per heavy atom. The van der Waals surface area contributed by atoms with Crippen LogP contribution in [0.5, 0.6) is 0 Å². The molecule has 0 saturated heterocycles. The first-order valence-corrected chi connectivity index (χ1v) is 5.88. The van der Waals surface area contributed by atoms with Crippen LogP contribution in [0.1, 0.15) is 23.4 Å². The zero-order chi connectivity index (χ0) is 12.8. The van der Waals surface area contributed by atoms with Gasteiger partial charge in [-0.25, -0.2) is 4.98 Å². The molecular formula is C13H15N5. The van der Waals surface area contributed by atoms with Crippen LogP contribution < -0.4 is 5.32 Å². The van der Waals surface area contributed by atoms with Crippen molar-refractivity contribution < 1.29 is 0 Å². The molecule has 0 radical (unpaired) electrons. The van der Waals surface area contributed by atoms with Gasteiger partial charge in [0, 0.05) is 13.0 Å². The summed E-state index contributed by atoms with van der Waals surface area (Å²) in [6, 6.07) is 7.96. The molecule has 92 valence electrons. The maximum Gasteiger partial charge on any atom is 0.137 e. The average molecular weight is 241 g/mol. The standard InChI is InChI=1S/C13H15N5/c1-10-4-5-11(8-14)12(7-10)15-6-2-3-13-16-9-17-18-13/h4-5,7,9,15H,2-3,6H2,1H3,(H,16,17,18). The predicted molar refractivity (Wildman–Crippen MR) is 69.1 cm³/mol. The van der Waals surface area contributed by atoms with Crippen molar-refractivity contribution in [1.29, 1.82) is 5.26 Å². The largest absolute Gasteiger partial charge is 0.384 e. The van der Waals surface area contributed by atoms with Crippen LogP contribution >= 0.6 is 0 Å². The highest BCUT2D eigenvalue weighted by Gasteiger charge is 2.01. The van der Waals surface area contributed by atoms with E-state index < -0.39 is 0 Å². The molecule has 0 aliphatic rings. The van der Waals surface area contributed by atoms with Gasteiger partial charge >= 0.3 is 0 Å². The van der Waals surface area contributed by atoms with E-state index in [4.69, 9.17) is 5.26 Å². The number of benzene rings is 1. The molecule has 2 aromatic rings. The quantitative estimate of drug-likeness (QED) is 0.785. The van der Waals surface area contributed by atoms with Crippen LogP contribution in [0.25, 0.3) is 0 Å². The summed E-state index contributed by atoms with van der Waals surface area (Å²) in [5.41, 5.74) is 2.72. The van der Waals surface area contributed by atoms with Gasteiger partial charge in [-0.05, 0) is 31.0 Å². The summed E-state index contributed by atoms with van der Waals surface area (Å²) in [4.78, 5) is 4.06. The molecule has 0 atom stereocenters. The smallest absolute Gasteiger partial charge is 0.137 e. The maximum absolute atomic E-state index is 9.00. The Bertz CT molecular complexity index is 539. The molecular weight excluding hydrogens is 226 g/mol. The van der Waals surface area contributed by atoms with Gasteiger partial charge in [-0.3, -0.25) is 5.10 Å². The van der Waals surface area contributed by atoms with Crippen molar-refractivity contribution in [2.75, 3.05) is 11.9 Å². The zero-order valence-corrected chi connectivity index (χ0v) is 10.3. The third-order valence-electron chi connectivity index (χ3n) is 2.67. The summed E-state index contributed by atoms with van der Waals surface area (Å²) < 4.78 is 0. The highest BCUT2D eigenvalue weighted by Crippen LogP contribution is 2.16. The van der Waals surface area contributed by atoms with E-state index in [1.807, 2.05) is 25.1 Å². The molecule has 0 saturated carbocycles. The summed E-state index contributed by atoms with van der Waals surface area (Å²) in [6.07, 6.45) is 3.30. The van der Waals surface area contributed by atoms with Crippen LogP contribution in [0, 0.1) is 18.3 Å². The second-order valence-corrected chi connectivity index (χ2v) is 4.12. The summed E-state index contributed by atoms with van der Waals surface area (Å²) in [5, 5.41) is 18.9. The molecule has 18 heavy (non-hydrogen) atoms. The molecule has 0 amide bonds. The molecule has 0 aliphatic carbocycles. The predicted octanol–water partition coefficient (Wildman–Crippen LogP) is 2.03. The number of rotatable bonds is 5. The van der Waals surface area contributed by atoms with Gasteiger partial charge in [0.2, 0.25) is 0 Å². The molecule has 5 nitrogen and oxygen atoms in total. The highest BCUT2D eigenvalue weighted by atomic mass is 15.2. The van der Waals surface area contributed by atoms with E-state index in [9.17, 15) is 0 Å². The van der Waals surface area contributed by atoms with Crippen molar-refractivity contribution in [3.05, 3.63) is 41.5 Å². The molecule has 1 aromatic carbocycles. The van der Waals surface area contributed by atoms with E-state index in [-0.39, 0.29) is 0 Å². The topological polar surface area (TPSA) is 77.4 Å². The molecule has 0 unspecified atom stereocenters. The van der Waals surface area contributed by atoms with Crippen molar-refractivity contribution >= 4 is 5.69 Å². The Morgan fingerprint density at radius 1 is 1.44 bits per heavy atom. The van der Waals surface area contributed by atoms with Gasteiger partial charge in [-0.15, -0.1) is 0 Å². The summed E-state index contributed by atoms with van der Waals surface area (Å²) in [5.74, 6) is 0.890. The Kier molecular flexibility index (Phi) is 3.92. The number of hydrogen-bond acceptors (Lipinski definition) is 4. The fourth-order valence-corrected chi connectivity index (χ4v) is 1.73. The van der Waals surface area contributed by atoms with Crippen molar-refractivity contribution in [2.45, 2.75) is 19.8 Å². The first-order chi connectivity index (χ1) is 8.79. The molecule has 0 fully saturated rings. The number of H-pyrrole nitrogens is 1. The van der Waals surface area contributed by atoms with Gasteiger partial charge in [-0.1, -0.05) is 6.07 Å². The number of hydrogen-bond donors (Lipinski definition) is 2. The SMILES string of the molecule is Cc1ccc(C#N)c(NCCCc2ncn[nH]2)c1. The number of aromatic amines is 1. The second kappa shape index (κ2) is 5.82. The second-order valence-electron chi connectivity index (χ2n) is 4.12. The molecule has 2 N–H and O–H groups in total. The first kappa shape index (κ1) is 12.1. The normalized spacial score (nSPS) is 10.0. The highest BCUT2D eigenvalue weighted by molar-refractivity contribution is 5.58. The van der Waals surface area contributed by atoms with Crippen LogP contribution in [-0.2, 0) is 6.42 Å². The van der Waals surface area contributed by atoms with Crippen LogP contribution in [0.15, 0.2) is 24.5 Å². The van der Waals surface area contributed by atoms with Gasteiger partial charge in [0.25, 0.3) is 0 Å². The first-order valence-electron chi connectivity index (χ1n) is 5.88. The van der Waals surface area contributed by atoms with Crippen molar-refractivity contribution in [1.82, 2.24) is 15.2 Å². The third-order valence-corrected chi connectivity index (χ3v) is 2.67. The number of nitrogens with one attached hydrogen (secondary N) is 2.